The fraction of sp³-hybridized carbons (Fsp3) is 0.429. The lowest BCUT2D eigenvalue weighted by Gasteiger charge is -2.35. The predicted octanol–water partition coefficient (Wildman–Crippen LogP) is 1.54. The molecule has 1 fully saturated rings. The highest BCUT2D eigenvalue weighted by molar-refractivity contribution is 5.73. The summed E-state index contributed by atoms with van der Waals surface area (Å²) in [4.78, 5) is 15.4. The monoisotopic (exact) mass is 243 g/mol. The number of benzene rings is 1. The number of nitriles is 1. The number of amides is 1. The Labute approximate surface area is 107 Å². The number of piperazine rings is 1. The summed E-state index contributed by atoms with van der Waals surface area (Å²) in [5.74, 6) is 0.144. The number of hydrogen-bond acceptors (Lipinski definition) is 3. The molecule has 0 radical (unpaired) electrons. The van der Waals surface area contributed by atoms with E-state index in [-0.39, 0.29) is 5.91 Å². The summed E-state index contributed by atoms with van der Waals surface area (Å²) in [6.07, 6.45) is 0. The first-order valence-corrected chi connectivity index (χ1v) is 6.13. The maximum Gasteiger partial charge on any atom is 0.219 e. The minimum Gasteiger partial charge on any atom is -0.368 e. The number of hydrogen-bond donors (Lipinski definition) is 0. The maximum absolute atomic E-state index is 11.3. The van der Waals surface area contributed by atoms with Gasteiger partial charge in [-0.1, -0.05) is 0 Å². The van der Waals surface area contributed by atoms with Crippen molar-refractivity contribution in [2.24, 2.45) is 0 Å². The lowest BCUT2D eigenvalue weighted by Crippen LogP contribution is -2.48. The van der Waals surface area contributed by atoms with Gasteiger partial charge in [0.15, 0.2) is 0 Å². The Morgan fingerprint density at radius 3 is 2.44 bits per heavy atom. The highest BCUT2D eigenvalue weighted by Crippen LogP contribution is 2.20. The van der Waals surface area contributed by atoms with Crippen LogP contribution in [0.4, 0.5) is 5.69 Å². The van der Waals surface area contributed by atoms with Gasteiger partial charge in [-0.2, -0.15) is 5.26 Å². The molecule has 1 aromatic carbocycles. The molecule has 1 amide bonds. The molecule has 18 heavy (non-hydrogen) atoms. The summed E-state index contributed by atoms with van der Waals surface area (Å²) in [6, 6.07) is 8.06. The van der Waals surface area contributed by atoms with Crippen LogP contribution in [-0.4, -0.2) is 37.0 Å². The predicted molar refractivity (Wildman–Crippen MR) is 70.4 cm³/mol. The van der Waals surface area contributed by atoms with Crippen molar-refractivity contribution < 1.29 is 4.79 Å². The van der Waals surface area contributed by atoms with E-state index in [0.717, 1.165) is 43.0 Å². The number of carbonyl (C=O) groups is 1. The van der Waals surface area contributed by atoms with Gasteiger partial charge in [0.25, 0.3) is 0 Å². The van der Waals surface area contributed by atoms with Crippen LogP contribution in [0.3, 0.4) is 0 Å². The quantitative estimate of drug-likeness (QED) is 0.751. The molecule has 0 unspecified atom stereocenters. The van der Waals surface area contributed by atoms with Crippen LogP contribution in [0, 0.1) is 18.3 Å². The molecule has 2 rings (SSSR count). The zero-order valence-corrected chi connectivity index (χ0v) is 10.8. The van der Waals surface area contributed by atoms with Crippen molar-refractivity contribution in [3.63, 3.8) is 0 Å². The van der Waals surface area contributed by atoms with E-state index in [2.05, 4.69) is 11.0 Å². The van der Waals surface area contributed by atoms with Gasteiger partial charge < -0.3 is 9.80 Å². The van der Waals surface area contributed by atoms with Crippen LogP contribution in [0.5, 0.6) is 0 Å². The number of nitrogens with zero attached hydrogens (tertiary/aromatic N) is 3. The van der Waals surface area contributed by atoms with Crippen LogP contribution in [0.2, 0.25) is 0 Å². The maximum atomic E-state index is 11.3. The molecular formula is C14H17N3O. The number of rotatable bonds is 1. The van der Waals surface area contributed by atoms with Gasteiger partial charge in [-0.25, -0.2) is 0 Å². The van der Waals surface area contributed by atoms with E-state index >= 15 is 0 Å². The van der Waals surface area contributed by atoms with Crippen molar-refractivity contribution in [1.29, 1.82) is 5.26 Å². The lowest BCUT2D eigenvalue weighted by atomic mass is 10.1. The highest BCUT2D eigenvalue weighted by Gasteiger charge is 2.18. The fourth-order valence-electron chi connectivity index (χ4n) is 2.25. The van der Waals surface area contributed by atoms with Crippen LogP contribution >= 0.6 is 0 Å². The minimum absolute atomic E-state index is 0.144. The zero-order chi connectivity index (χ0) is 13.1. The summed E-state index contributed by atoms with van der Waals surface area (Å²) in [7, 11) is 0. The number of aryl methyl sites for hydroxylation is 1. The SMILES string of the molecule is CC(=O)N1CCN(c2ccc(C#N)c(C)c2)CC1. The van der Waals surface area contributed by atoms with Gasteiger partial charge in [-0.15, -0.1) is 0 Å². The summed E-state index contributed by atoms with van der Waals surface area (Å²) in [5, 5.41) is 8.91. The molecule has 1 aliphatic heterocycles. The highest BCUT2D eigenvalue weighted by atomic mass is 16.2. The van der Waals surface area contributed by atoms with Gasteiger partial charge in [0.2, 0.25) is 5.91 Å². The van der Waals surface area contributed by atoms with Crippen molar-refractivity contribution >= 4 is 11.6 Å². The molecule has 1 aliphatic rings. The molecule has 0 aliphatic carbocycles. The molecule has 0 aromatic heterocycles. The minimum atomic E-state index is 0.144. The third-order valence-electron chi connectivity index (χ3n) is 3.42. The Morgan fingerprint density at radius 1 is 1.28 bits per heavy atom. The summed E-state index contributed by atoms with van der Waals surface area (Å²) >= 11 is 0. The van der Waals surface area contributed by atoms with E-state index in [1.54, 1.807) is 6.92 Å². The third kappa shape index (κ3) is 2.45. The van der Waals surface area contributed by atoms with E-state index in [9.17, 15) is 4.79 Å². The molecule has 4 heteroatoms. The molecule has 94 valence electrons. The molecule has 1 saturated heterocycles. The summed E-state index contributed by atoms with van der Waals surface area (Å²) in [5.41, 5.74) is 2.86. The largest absolute Gasteiger partial charge is 0.368 e. The average molecular weight is 243 g/mol. The van der Waals surface area contributed by atoms with Crippen molar-refractivity contribution in [2.45, 2.75) is 13.8 Å². The smallest absolute Gasteiger partial charge is 0.219 e. The Hall–Kier alpha value is -2.02. The van der Waals surface area contributed by atoms with Crippen LogP contribution in [0.25, 0.3) is 0 Å². The van der Waals surface area contributed by atoms with E-state index < -0.39 is 0 Å². The molecule has 0 N–H and O–H groups in total. The van der Waals surface area contributed by atoms with Gasteiger partial charge in [0, 0.05) is 38.8 Å². The normalized spacial score (nSPS) is 15.4. The van der Waals surface area contributed by atoms with Gasteiger partial charge in [0.05, 0.1) is 11.6 Å². The van der Waals surface area contributed by atoms with Gasteiger partial charge in [0.1, 0.15) is 0 Å². The molecule has 0 atom stereocenters. The second-order valence-corrected chi connectivity index (χ2v) is 4.60. The second kappa shape index (κ2) is 5.09. The van der Waals surface area contributed by atoms with Crippen molar-refractivity contribution in [2.75, 3.05) is 31.1 Å². The first-order valence-electron chi connectivity index (χ1n) is 6.13. The van der Waals surface area contributed by atoms with Crippen molar-refractivity contribution in [1.82, 2.24) is 4.90 Å². The molecule has 1 heterocycles. The molecule has 0 spiro atoms. The second-order valence-electron chi connectivity index (χ2n) is 4.60. The summed E-state index contributed by atoms with van der Waals surface area (Å²) in [6.45, 7) is 6.81. The van der Waals surface area contributed by atoms with E-state index in [1.807, 2.05) is 30.0 Å². The Balaban J connectivity index is 2.08. The van der Waals surface area contributed by atoms with Gasteiger partial charge >= 0.3 is 0 Å². The van der Waals surface area contributed by atoms with E-state index in [1.165, 1.54) is 0 Å². The number of anilines is 1. The topological polar surface area (TPSA) is 47.3 Å². The molecular weight excluding hydrogens is 226 g/mol. The molecule has 1 aromatic rings. The van der Waals surface area contributed by atoms with Crippen molar-refractivity contribution in [3.8, 4) is 6.07 Å². The zero-order valence-electron chi connectivity index (χ0n) is 10.8. The van der Waals surface area contributed by atoms with Crippen molar-refractivity contribution in [3.05, 3.63) is 29.3 Å². The van der Waals surface area contributed by atoms with Crippen LogP contribution < -0.4 is 4.90 Å². The van der Waals surface area contributed by atoms with Gasteiger partial charge in [-0.05, 0) is 30.7 Å². The average Bonchev–Trinajstić information content (AvgIpc) is 2.38. The van der Waals surface area contributed by atoms with Crippen LogP contribution in [0.15, 0.2) is 18.2 Å². The Kier molecular flexibility index (Phi) is 3.52. The lowest BCUT2D eigenvalue weighted by molar-refractivity contribution is -0.129. The van der Waals surface area contributed by atoms with Crippen LogP contribution in [-0.2, 0) is 4.79 Å². The molecule has 0 saturated carbocycles. The van der Waals surface area contributed by atoms with Gasteiger partial charge in [-0.3, -0.25) is 4.79 Å². The summed E-state index contributed by atoms with van der Waals surface area (Å²) < 4.78 is 0. The third-order valence-corrected chi connectivity index (χ3v) is 3.42. The fourth-order valence-corrected chi connectivity index (χ4v) is 2.25. The standard InChI is InChI=1S/C14H17N3O/c1-11-9-14(4-3-13(11)10-15)17-7-5-16(6-8-17)12(2)18/h3-4,9H,5-8H2,1-2H3. The van der Waals surface area contributed by atoms with E-state index in [0.29, 0.717) is 0 Å². The Morgan fingerprint density at radius 2 is 1.94 bits per heavy atom. The number of carbonyl (C=O) groups excluding carboxylic acids is 1. The van der Waals surface area contributed by atoms with Crippen LogP contribution in [0.1, 0.15) is 18.1 Å². The molecule has 0 bridgehead atoms. The first kappa shape index (κ1) is 12.4. The molecule has 4 nitrogen and oxygen atoms in total. The van der Waals surface area contributed by atoms with E-state index in [4.69, 9.17) is 5.26 Å². The Bertz CT molecular complexity index is 496. The first-order chi connectivity index (χ1) is 8.61.